The summed E-state index contributed by atoms with van der Waals surface area (Å²) in [4.78, 5) is 2.48. The van der Waals surface area contributed by atoms with Gasteiger partial charge in [-0.2, -0.15) is 13.2 Å². The summed E-state index contributed by atoms with van der Waals surface area (Å²) in [5.74, 6) is 0. The molecule has 0 atom stereocenters. The second-order valence-electron chi connectivity index (χ2n) is 5.06. The molecule has 0 saturated carbocycles. The van der Waals surface area contributed by atoms with Gasteiger partial charge < -0.3 is 5.32 Å². The molecule has 6 heteroatoms. The quantitative estimate of drug-likeness (QED) is 0.732. The van der Waals surface area contributed by atoms with Gasteiger partial charge in [0.05, 0.1) is 5.56 Å². The third-order valence-electron chi connectivity index (χ3n) is 3.54. The summed E-state index contributed by atoms with van der Waals surface area (Å²) in [6, 6.07) is 6.31. The number of fused-ring (bicyclic) bond motifs is 1. The number of halogens is 4. The molecule has 0 unspecified atom stereocenters. The number of alkyl halides is 3. The van der Waals surface area contributed by atoms with Gasteiger partial charge in [0.1, 0.15) is 0 Å². The van der Waals surface area contributed by atoms with Crippen LogP contribution in [0.1, 0.15) is 27.3 Å². The van der Waals surface area contributed by atoms with Crippen molar-refractivity contribution in [1.82, 2.24) is 0 Å². The fraction of sp³-hybridized carbons (Fsp3) is 0.333. The van der Waals surface area contributed by atoms with Crippen LogP contribution >= 0.6 is 27.3 Å². The Balaban J connectivity index is 1.78. The van der Waals surface area contributed by atoms with Crippen molar-refractivity contribution in [1.29, 1.82) is 0 Å². The first kappa shape index (κ1) is 14.9. The summed E-state index contributed by atoms with van der Waals surface area (Å²) in [5, 5.41) is 2.92. The summed E-state index contributed by atoms with van der Waals surface area (Å²) < 4.78 is 39.5. The molecule has 0 aliphatic heterocycles. The minimum Gasteiger partial charge on any atom is -0.380 e. The van der Waals surface area contributed by atoms with Crippen LogP contribution in [0.25, 0.3) is 0 Å². The van der Waals surface area contributed by atoms with Gasteiger partial charge >= 0.3 is 6.18 Å². The third-order valence-corrected chi connectivity index (χ3v) is 5.27. The Morgan fingerprint density at radius 2 is 2.00 bits per heavy atom. The van der Waals surface area contributed by atoms with Crippen LogP contribution in [0, 0.1) is 0 Å². The van der Waals surface area contributed by atoms with E-state index in [-0.39, 0.29) is 5.69 Å². The van der Waals surface area contributed by atoms with Crippen molar-refractivity contribution >= 4 is 33.0 Å². The molecular formula is C15H13BrF3NS. The van der Waals surface area contributed by atoms with E-state index < -0.39 is 11.7 Å². The molecule has 0 fully saturated rings. The lowest BCUT2D eigenvalue weighted by Crippen LogP contribution is -2.10. The van der Waals surface area contributed by atoms with Crippen LogP contribution < -0.4 is 5.32 Å². The molecule has 0 spiro atoms. The molecule has 3 rings (SSSR count). The first-order chi connectivity index (χ1) is 9.93. The summed E-state index contributed by atoms with van der Waals surface area (Å²) >= 11 is 4.79. The molecule has 0 radical (unpaired) electrons. The number of nitrogens with one attached hydrogen (secondary N) is 1. The number of thiophene rings is 1. The summed E-state index contributed by atoms with van der Waals surface area (Å²) in [5.41, 5.74) is 0.851. The predicted octanol–water partition coefficient (Wildman–Crippen LogP) is 5.63. The Labute approximate surface area is 133 Å². The Morgan fingerprint density at radius 3 is 2.71 bits per heavy atom. The van der Waals surface area contributed by atoms with Crippen LogP contribution in [0.5, 0.6) is 0 Å². The highest BCUT2D eigenvalue weighted by molar-refractivity contribution is 9.10. The van der Waals surface area contributed by atoms with Gasteiger partial charge in [0.2, 0.25) is 0 Å². The van der Waals surface area contributed by atoms with Crippen molar-refractivity contribution < 1.29 is 13.2 Å². The van der Waals surface area contributed by atoms with E-state index >= 15 is 0 Å². The highest BCUT2D eigenvalue weighted by Crippen LogP contribution is 2.37. The Bertz CT molecular complexity index is 642. The molecule has 21 heavy (non-hydrogen) atoms. The van der Waals surface area contributed by atoms with Gasteiger partial charge in [-0.05, 0) is 49.1 Å². The zero-order chi connectivity index (χ0) is 15.0. The molecule has 0 saturated heterocycles. The predicted molar refractivity (Wildman–Crippen MR) is 82.8 cm³/mol. The van der Waals surface area contributed by atoms with E-state index in [0.29, 0.717) is 11.0 Å². The average Bonchev–Trinajstić information content (AvgIpc) is 2.96. The maximum atomic E-state index is 13.0. The van der Waals surface area contributed by atoms with E-state index in [0.717, 1.165) is 23.8 Å². The summed E-state index contributed by atoms with van der Waals surface area (Å²) in [6.07, 6.45) is -0.965. The van der Waals surface area contributed by atoms with Crippen LogP contribution in [0.3, 0.4) is 0 Å². The van der Waals surface area contributed by atoms with E-state index in [9.17, 15) is 13.2 Å². The maximum absolute atomic E-state index is 13.0. The molecule has 0 bridgehead atoms. The van der Waals surface area contributed by atoms with E-state index in [2.05, 4.69) is 27.3 Å². The number of hydrogen-bond donors (Lipinski definition) is 1. The van der Waals surface area contributed by atoms with E-state index in [1.165, 1.54) is 22.9 Å². The second kappa shape index (κ2) is 5.65. The number of anilines is 1. The molecule has 2 aromatic rings. The number of hydrogen-bond acceptors (Lipinski definition) is 2. The number of aryl methyl sites for hydroxylation is 2. The molecular weight excluding hydrogens is 363 g/mol. The average molecular weight is 376 g/mol. The lowest BCUT2D eigenvalue weighted by molar-refractivity contribution is -0.137. The van der Waals surface area contributed by atoms with Crippen molar-refractivity contribution in [3.63, 3.8) is 0 Å². The monoisotopic (exact) mass is 375 g/mol. The fourth-order valence-corrected chi connectivity index (χ4v) is 4.13. The standard InChI is InChI=1S/C15H13BrF3NS/c16-10-4-5-13(12(7-10)15(17,18)19)20-8-11-6-9-2-1-3-14(9)21-11/h4-7,20H,1-3,8H2. The second-order valence-corrected chi connectivity index (χ2v) is 7.19. The van der Waals surface area contributed by atoms with Crippen molar-refractivity contribution in [3.8, 4) is 0 Å². The molecule has 112 valence electrons. The van der Waals surface area contributed by atoms with E-state index in [1.807, 2.05) is 0 Å². The van der Waals surface area contributed by atoms with Gasteiger partial charge in [-0.25, -0.2) is 0 Å². The van der Waals surface area contributed by atoms with Gasteiger partial charge in [-0.15, -0.1) is 11.3 Å². The topological polar surface area (TPSA) is 12.0 Å². The highest BCUT2D eigenvalue weighted by atomic mass is 79.9. The van der Waals surface area contributed by atoms with E-state index in [1.54, 1.807) is 17.4 Å². The minimum absolute atomic E-state index is 0.124. The number of benzene rings is 1. The lowest BCUT2D eigenvalue weighted by Gasteiger charge is -2.14. The zero-order valence-corrected chi connectivity index (χ0v) is 13.5. The first-order valence-electron chi connectivity index (χ1n) is 6.64. The molecule has 1 N–H and O–H groups in total. The van der Waals surface area contributed by atoms with Gasteiger partial charge in [-0.3, -0.25) is 0 Å². The Morgan fingerprint density at radius 1 is 1.19 bits per heavy atom. The summed E-state index contributed by atoms with van der Waals surface area (Å²) in [7, 11) is 0. The minimum atomic E-state index is -4.36. The Hall–Kier alpha value is -1.01. The van der Waals surface area contributed by atoms with Crippen LogP contribution in [0.15, 0.2) is 28.7 Å². The first-order valence-corrected chi connectivity index (χ1v) is 8.25. The normalized spacial score (nSPS) is 14.3. The SMILES string of the molecule is FC(F)(F)c1cc(Br)ccc1NCc1cc2c(s1)CCC2. The van der Waals surface area contributed by atoms with Gasteiger partial charge in [0, 0.05) is 26.5 Å². The van der Waals surface area contributed by atoms with E-state index in [4.69, 9.17) is 0 Å². The van der Waals surface area contributed by atoms with Crippen LogP contribution in [0.4, 0.5) is 18.9 Å². The van der Waals surface area contributed by atoms with Gasteiger partial charge in [0.25, 0.3) is 0 Å². The van der Waals surface area contributed by atoms with Crippen LogP contribution in [0.2, 0.25) is 0 Å². The van der Waals surface area contributed by atoms with Gasteiger partial charge in [0.15, 0.2) is 0 Å². The Kier molecular flexibility index (Phi) is 4.01. The van der Waals surface area contributed by atoms with Crippen molar-refractivity contribution in [2.75, 3.05) is 5.32 Å². The smallest absolute Gasteiger partial charge is 0.380 e. The van der Waals surface area contributed by atoms with Crippen molar-refractivity contribution in [3.05, 3.63) is 49.6 Å². The molecule has 1 heterocycles. The molecule has 1 aliphatic rings. The molecule has 1 aromatic carbocycles. The molecule has 0 amide bonds. The maximum Gasteiger partial charge on any atom is 0.418 e. The number of rotatable bonds is 3. The lowest BCUT2D eigenvalue weighted by atomic mass is 10.1. The summed E-state index contributed by atoms with van der Waals surface area (Å²) in [6.45, 7) is 0.433. The zero-order valence-electron chi connectivity index (χ0n) is 11.1. The molecule has 1 aromatic heterocycles. The van der Waals surface area contributed by atoms with Crippen LogP contribution in [-0.4, -0.2) is 0 Å². The van der Waals surface area contributed by atoms with Crippen molar-refractivity contribution in [2.45, 2.75) is 32.0 Å². The van der Waals surface area contributed by atoms with Crippen molar-refractivity contribution in [2.24, 2.45) is 0 Å². The highest BCUT2D eigenvalue weighted by Gasteiger charge is 2.33. The van der Waals surface area contributed by atoms with Crippen LogP contribution in [-0.2, 0) is 25.6 Å². The fourth-order valence-electron chi connectivity index (χ4n) is 2.57. The largest absolute Gasteiger partial charge is 0.418 e. The molecule has 1 aliphatic carbocycles. The van der Waals surface area contributed by atoms with Gasteiger partial charge in [-0.1, -0.05) is 15.9 Å². The third kappa shape index (κ3) is 3.26. The molecule has 1 nitrogen and oxygen atoms in total.